The first-order valence-corrected chi connectivity index (χ1v) is 6.52. The first-order valence-electron chi connectivity index (χ1n) is 6.52. The van der Waals surface area contributed by atoms with E-state index < -0.39 is 0 Å². The molecule has 1 N–H and O–H groups in total. The number of carbonyl (C=O) groups is 1. The molecule has 1 aromatic carbocycles. The van der Waals surface area contributed by atoms with Gasteiger partial charge in [-0.25, -0.2) is 4.39 Å². The lowest BCUT2D eigenvalue weighted by Crippen LogP contribution is -2.40. The van der Waals surface area contributed by atoms with Gasteiger partial charge in [0.25, 0.3) is 0 Å². The highest BCUT2D eigenvalue weighted by atomic mass is 19.1. The van der Waals surface area contributed by atoms with E-state index in [0.29, 0.717) is 6.54 Å². The van der Waals surface area contributed by atoms with Crippen molar-refractivity contribution in [1.82, 2.24) is 4.90 Å². The second-order valence-electron chi connectivity index (χ2n) is 4.86. The highest BCUT2D eigenvalue weighted by molar-refractivity contribution is 5.91. The van der Waals surface area contributed by atoms with Crippen LogP contribution in [0.4, 0.5) is 4.39 Å². The lowest BCUT2D eigenvalue weighted by Gasteiger charge is -2.31. The minimum absolute atomic E-state index is 0.0533. The maximum atomic E-state index is 12.7. The van der Waals surface area contributed by atoms with Crippen molar-refractivity contribution >= 4 is 12.0 Å². The molecule has 1 aliphatic heterocycles. The minimum Gasteiger partial charge on any atom is -0.396 e. The van der Waals surface area contributed by atoms with Gasteiger partial charge in [-0.1, -0.05) is 12.1 Å². The lowest BCUT2D eigenvalue weighted by atomic mass is 9.99. The van der Waals surface area contributed by atoms with Crippen LogP contribution < -0.4 is 0 Å². The summed E-state index contributed by atoms with van der Waals surface area (Å²) in [5, 5.41) is 9.13. The van der Waals surface area contributed by atoms with Gasteiger partial charge in [0.05, 0.1) is 0 Å². The molecule has 1 aliphatic rings. The number of carbonyl (C=O) groups excluding carboxylic acids is 1. The van der Waals surface area contributed by atoms with Crippen molar-refractivity contribution in [3.05, 3.63) is 41.7 Å². The third kappa shape index (κ3) is 3.89. The number of amides is 1. The second-order valence-corrected chi connectivity index (χ2v) is 4.86. The van der Waals surface area contributed by atoms with E-state index in [2.05, 4.69) is 0 Å². The minimum atomic E-state index is -0.287. The number of likely N-dealkylation sites (tertiary alicyclic amines) is 1. The van der Waals surface area contributed by atoms with Gasteiger partial charge in [-0.3, -0.25) is 4.79 Å². The number of hydrogen-bond donors (Lipinski definition) is 1. The zero-order valence-electron chi connectivity index (χ0n) is 10.8. The van der Waals surface area contributed by atoms with E-state index in [4.69, 9.17) is 5.11 Å². The van der Waals surface area contributed by atoms with Crippen LogP contribution in [-0.4, -0.2) is 35.6 Å². The SMILES string of the molecule is O=C(/C=C/c1ccc(F)cc1)N1CCCC(CO)C1. The molecule has 1 amide bonds. The Morgan fingerprint density at radius 2 is 2.16 bits per heavy atom. The number of rotatable bonds is 3. The van der Waals surface area contributed by atoms with Gasteiger partial charge < -0.3 is 10.0 Å². The van der Waals surface area contributed by atoms with E-state index in [-0.39, 0.29) is 24.2 Å². The van der Waals surface area contributed by atoms with Gasteiger partial charge in [-0.2, -0.15) is 0 Å². The van der Waals surface area contributed by atoms with E-state index in [1.807, 2.05) is 0 Å². The number of hydrogen-bond acceptors (Lipinski definition) is 2. The Morgan fingerprint density at radius 3 is 2.84 bits per heavy atom. The van der Waals surface area contributed by atoms with Crippen LogP contribution in [0.2, 0.25) is 0 Å². The van der Waals surface area contributed by atoms with Gasteiger partial charge in [0.1, 0.15) is 5.82 Å². The van der Waals surface area contributed by atoms with E-state index in [0.717, 1.165) is 24.9 Å². The van der Waals surface area contributed by atoms with E-state index in [1.54, 1.807) is 23.1 Å². The summed E-state index contributed by atoms with van der Waals surface area (Å²) in [5.41, 5.74) is 0.797. The van der Waals surface area contributed by atoms with Gasteiger partial charge in [-0.15, -0.1) is 0 Å². The molecular formula is C15H18FNO2. The van der Waals surface area contributed by atoms with Crippen LogP contribution in [0.15, 0.2) is 30.3 Å². The monoisotopic (exact) mass is 263 g/mol. The number of benzene rings is 1. The van der Waals surface area contributed by atoms with Crippen LogP contribution in [-0.2, 0) is 4.79 Å². The van der Waals surface area contributed by atoms with Crippen molar-refractivity contribution in [2.45, 2.75) is 12.8 Å². The fraction of sp³-hybridized carbons (Fsp3) is 0.400. The number of aliphatic hydroxyl groups excluding tert-OH is 1. The topological polar surface area (TPSA) is 40.5 Å². The summed E-state index contributed by atoms with van der Waals surface area (Å²) >= 11 is 0. The first kappa shape index (κ1) is 13.7. The van der Waals surface area contributed by atoms with E-state index in [9.17, 15) is 9.18 Å². The quantitative estimate of drug-likeness (QED) is 0.848. The Morgan fingerprint density at radius 1 is 1.42 bits per heavy atom. The first-order chi connectivity index (χ1) is 9.19. The molecule has 1 saturated heterocycles. The van der Waals surface area contributed by atoms with Crippen LogP contribution in [0.5, 0.6) is 0 Å². The number of halogens is 1. The molecule has 0 spiro atoms. The Balaban J connectivity index is 1.94. The van der Waals surface area contributed by atoms with Crippen LogP contribution in [0.1, 0.15) is 18.4 Å². The van der Waals surface area contributed by atoms with Crippen LogP contribution in [0.25, 0.3) is 6.08 Å². The standard InChI is InChI=1S/C15H18FNO2/c16-14-6-3-12(4-7-14)5-8-15(19)17-9-1-2-13(10-17)11-18/h3-8,13,18H,1-2,9-11H2/b8-5+. The van der Waals surface area contributed by atoms with Crippen molar-refractivity contribution in [2.24, 2.45) is 5.92 Å². The molecule has 0 aliphatic carbocycles. The molecule has 102 valence electrons. The van der Waals surface area contributed by atoms with Crippen molar-refractivity contribution in [2.75, 3.05) is 19.7 Å². The summed E-state index contributed by atoms with van der Waals surface area (Å²) in [6, 6.07) is 6.00. The molecule has 1 aromatic rings. The maximum absolute atomic E-state index is 12.7. The van der Waals surface area contributed by atoms with Gasteiger partial charge in [-0.05, 0) is 42.5 Å². The number of nitrogens with zero attached hydrogens (tertiary/aromatic N) is 1. The molecule has 3 nitrogen and oxygen atoms in total. The Hall–Kier alpha value is -1.68. The molecule has 1 unspecified atom stereocenters. The Bertz CT molecular complexity index is 456. The molecule has 0 saturated carbocycles. The molecule has 19 heavy (non-hydrogen) atoms. The van der Waals surface area contributed by atoms with E-state index in [1.165, 1.54) is 18.2 Å². The van der Waals surface area contributed by atoms with Gasteiger partial charge in [0.2, 0.25) is 5.91 Å². The Labute approximate surface area is 112 Å². The number of piperidine rings is 1. The highest BCUT2D eigenvalue weighted by Crippen LogP contribution is 2.16. The van der Waals surface area contributed by atoms with Gasteiger partial charge in [0.15, 0.2) is 0 Å². The van der Waals surface area contributed by atoms with Crippen molar-refractivity contribution in [3.63, 3.8) is 0 Å². The smallest absolute Gasteiger partial charge is 0.246 e. The lowest BCUT2D eigenvalue weighted by molar-refractivity contribution is -0.127. The molecule has 0 radical (unpaired) electrons. The Kier molecular flexibility index (Phi) is 4.68. The average molecular weight is 263 g/mol. The van der Waals surface area contributed by atoms with Crippen molar-refractivity contribution < 1.29 is 14.3 Å². The maximum Gasteiger partial charge on any atom is 0.246 e. The fourth-order valence-corrected chi connectivity index (χ4v) is 2.26. The number of aliphatic hydroxyl groups is 1. The summed E-state index contributed by atoms with van der Waals surface area (Å²) in [4.78, 5) is 13.7. The third-order valence-electron chi connectivity index (χ3n) is 3.38. The molecule has 1 fully saturated rings. The molecule has 1 heterocycles. The summed E-state index contributed by atoms with van der Waals surface area (Å²) in [6.45, 7) is 1.48. The fourth-order valence-electron chi connectivity index (χ4n) is 2.26. The molecular weight excluding hydrogens is 245 g/mol. The van der Waals surface area contributed by atoms with E-state index >= 15 is 0 Å². The second kappa shape index (κ2) is 6.48. The predicted octanol–water partition coefficient (Wildman–Crippen LogP) is 2.07. The molecule has 4 heteroatoms. The van der Waals surface area contributed by atoms with Crippen LogP contribution in [0.3, 0.4) is 0 Å². The van der Waals surface area contributed by atoms with Crippen LogP contribution in [0, 0.1) is 11.7 Å². The molecule has 0 aromatic heterocycles. The third-order valence-corrected chi connectivity index (χ3v) is 3.38. The summed E-state index contributed by atoms with van der Waals surface area (Å²) < 4.78 is 12.7. The highest BCUT2D eigenvalue weighted by Gasteiger charge is 2.21. The molecule has 0 bridgehead atoms. The zero-order valence-corrected chi connectivity index (χ0v) is 10.8. The predicted molar refractivity (Wildman–Crippen MR) is 71.8 cm³/mol. The van der Waals surface area contributed by atoms with Crippen LogP contribution >= 0.6 is 0 Å². The summed E-state index contributed by atoms with van der Waals surface area (Å²) in [6.07, 6.45) is 5.10. The van der Waals surface area contributed by atoms with Gasteiger partial charge in [0, 0.05) is 25.8 Å². The zero-order chi connectivity index (χ0) is 13.7. The largest absolute Gasteiger partial charge is 0.396 e. The van der Waals surface area contributed by atoms with Crippen molar-refractivity contribution in [3.8, 4) is 0 Å². The van der Waals surface area contributed by atoms with Gasteiger partial charge >= 0.3 is 0 Å². The van der Waals surface area contributed by atoms with Crippen molar-refractivity contribution in [1.29, 1.82) is 0 Å². The average Bonchev–Trinajstić information content (AvgIpc) is 2.46. The summed E-state index contributed by atoms with van der Waals surface area (Å²) in [5.74, 6) is -0.148. The molecule has 2 rings (SSSR count). The molecule has 1 atom stereocenters. The summed E-state index contributed by atoms with van der Waals surface area (Å²) in [7, 11) is 0. The normalized spacial score (nSPS) is 19.9.